The number of sulfonamides is 1. The quantitative estimate of drug-likeness (QED) is 0.444. The first-order chi connectivity index (χ1) is 13.4. The molecule has 3 N–H and O–H groups in total. The minimum Gasteiger partial charge on any atom is -0.354 e. The van der Waals surface area contributed by atoms with Crippen LogP contribution in [0.1, 0.15) is 30.0 Å². The number of aryl methyl sites for hydroxylation is 1. The van der Waals surface area contributed by atoms with Gasteiger partial charge in [0.1, 0.15) is 0 Å². The Balaban J connectivity index is 1.84. The smallest absolute Gasteiger partial charge is 0.215 e. The zero-order valence-corrected chi connectivity index (χ0v) is 17.6. The summed E-state index contributed by atoms with van der Waals surface area (Å²) in [5.74, 6) is 0.703. The van der Waals surface area contributed by atoms with E-state index in [1.54, 1.807) is 7.05 Å². The first-order valence-corrected chi connectivity index (χ1v) is 11.1. The molecule has 0 amide bonds. The van der Waals surface area contributed by atoms with E-state index in [2.05, 4.69) is 51.5 Å². The number of hydrogen-bond donors (Lipinski definition) is 3. The molecule has 0 saturated carbocycles. The summed E-state index contributed by atoms with van der Waals surface area (Å²) in [6.07, 6.45) is 2.01. The molecule has 0 heterocycles. The Labute approximate surface area is 168 Å². The molecule has 2 aromatic carbocycles. The third kappa shape index (κ3) is 7.70. The predicted octanol–water partition coefficient (Wildman–Crippen LogP) is 2.42. The number of hydrogen-bond acceptors (Lipinski definition) is 3. The molecule has 28 heavy (non-hydrogen) atoms. The molecule has 1 unspecified atom stereocenters. The van der Waals surface area contributed by atoms with Crippen LogP contribution in [0.5, 0.6) is 0 Å². The molecule has 0 radical (unpaired) electrons. The summed E-state index contributed by atoms with van der Waals surface area (Å²) in [5, 5.41) is 6.69. The zero-order valence-electron chi connectivity index (χ0n) is 16.8. The molecule has 0 spiro atoms. The molecule has 6 nitrogen and oxygen atoms in total. The van der Waals surface area contributed by atoms with Gasteiger partial charge in [0.05, 0.1) is 5.75 Å². The third-order valence-corrected chi connectivity index (χ3v) is 5.77. The molecule has 0 bridgehead atoms. The fourth-order valence-corrected chi connectivity index (χ4v) is 3.60. The molecular formula is C21H30N4O2S. The van der Waals surface area contributed by atoms with Crippen LogP contribution in [0.3, 0.4) is 0 Å². The van der Waals surface area contributed by atoms with Crippen LogP contribution in [0.25, 0.3) is 0 Å². The van der Waals surface area contributed by atoms with Gasteiger partial charge in [-0.3, -0.25) is 4.99 Å². The molecule has 0 aliphatic heterocycles. The Morgan fingerprint density at radius 3 is 2.39 bits per heavy atom. The number of rotatable bonds is 9. The maximum absolute atomic E-state index is 11.7. The fraction of sp³-hybridized carbons (Fsp3) is 0.381. The van der Waals surface area contributed by atoms with Crippen molar-refractivity contribution in [1.29, 1.82) is 0 Å². The molecule has 0 saturated heterocycles. The van der Waals surface area contributed by atoms with Crippen molar-refractivity contribution < 1.29 is 8.42 Å². The number of aliphatic imine (C=N–C) groups is 1. The van der Waals surface area contributed by atoms with E-state index in [-0.39, 0.29) is 11.8 Å². The van der Waals surface area contributed by atoms with Gasteiger partial charge in [-0.2, -0.15) is 0 Å². The largest absolute Gasteiger partial charge is 0.354 e. The molecule has 0 fully saturated rings. The standard InChI is InChI=1S/C21H30N4O2S/c1-17(12-13-18-8-5-4-6-9-18)25-21(22-2)24-15-19-10-7-11-20(14-19)16-28(26,27)23-3/h4-11,14,17,23H,12-13,15-16H2,1-3H3,(H2,22,24,25). The summed E-state index contributed by atoms with van der Waals surface area (Å²) in [5.41, 5.74) is 3.09. The van der Waals surface area contributed by atoms with E-state index in [9.17, 15) is 8.42 Å². The average molecular weight is 403 g/mol. The van der Waals surface area contributed by atoms with Crippen molar-refractivity contribution in [2.45, 2.75) is 38.1 Å². The van der Waals surface area contributed by atoms with E-state index >= 15 is 0 Å². The lowest BCUT2D eigenvalue weighted by molar-refractivity contribution is 0.587. The second-order valence-corrected chi connectivity index (χ2v) is 8.71. The van der Waals surface area contributed by atoms with Crippen molar-refractivity contribution in [1.82, 2.24) is 15.4 Å². The van der Waals surface area contributed by atoms with Gasteiger partial charge in [-0.05, 0) is 43.5 Å². The zero-order chi connectivity index (χ0) is 20.4. The van der Waals surface area contributed by atoms with Gasteiger partial charge in [0, 0.05) is 19.6 Å². The van der Waals surface area contributed by atoms with Crippen molar-refractivity contribution >= 4 is 16.0 Å². The van der Waals surface area contributed by atoms with E-state index < -0.39 is 10.0 Å². The molecule has 0 aromatic heterocycles. The summed E-state index contributed by atoms with van der Waals surface area (Å²) in [7, 11) is -0.106. The van der Waals surface area contributed by atoms with Gasteiger partial charge in [-0.1, -0.05) is 54.6 Å². The van der Waals surface area contributed by atoms with Crippen molar-refractivity contribution in [3.05, 3.63) is 71.3 Å². The topological polar surface area (TPSA) is 82.6 Å². The maximum atomic E-state index is 11.7. The number of nitrogens with zero attached hydrogens (tertiary/aromatic N) is 1. The minimum absolute atomic E-state index is 0.0270. The van der Waals surface area contributed by atoms with Crippen LogP contribution in [0, 0.1) is 0 Å². The van der Waals surface area contributed by atoms with E-state index in [1.165, 1.54) is 12.6 Å². The Bertz CT molecular complexity index is 867. The predicted molar refractivity (Wildman–Crippen MR) is 116 cm³/mol. The SMILES string of the molecule is CN=C(NCc1cccc(CS(=O)(=O)NC)c1)NC(C)CCc1ccccc1. The fourth-order valence-electron chi connectivity index (χ4n) is 2.83. The lowest BCUT2D eigenvalue weighted by Gasteiger charge is -2.18. The van der Waals surface area contributed by atoms with Gasteiger partial charge in [-0.25, -0.2) is 13.1 Å². The molecule has 2 rings (SSSR count). The van der Waals surface area contributed by atoms with Gasteiger partial charge >= 0.3 is 0 Å². The third-order valence-electron chi connectivity index (χ3n) is 4.43. The van der Waals surface area contributed by atoms with Crippen molar-refractivity contribution in [2.24, 2.45) is 4.99 Å². The molecular weight excluding hydrogens is 372 g/mol. The van der Waals surface area contributed by atoms with Crippen LogP contribution < -0.4 is 15.4 Å². The second-order valence-electron chi connectivity index (χ2n) is 6.78. The molecule has 152 valence electrons. The summed E-state index contributed by atoms with van der Waals surface area (Å²) >= 11 is 0. The molecule has 2 aromatic rings. The Morgan fingerprint density at radius 2 is 1.71 bits per heavy atom. The van der Waals surface area contributed by atoms with Crippen molar-refractivity contribution in [2.75, 3.05) is 14.1 Å². The van der Waals surface area contributed by atoms with Crippen LogP contribution in [0.4, 0.5) is 0 Å². The number of nitrogens with one attached hydrogen (secondary N) is 3. The highest BCUT2D eigenvalue weighted by molar-refractivity contribution is 7.88. The Kier molecular flexibility index (Phi) is 8.47. The normalized spacial score (nSPS) is 13.2. The van der Waals surface area contributed by atoms with Crippen LogP contribution in [-0.4, -0.2) is 34.5 Å². The molecule has 0 aliphatic rings. The Morgan fingerprint density at radius 1 is 1.04 bits per heavy atom. The summed E-state index contributed by atoms with van der Waals surface area (Å²) in [6, 6.07) is 18.3. The maximum Gasteiger partial charge on any atom is 0.215 e. The van der Waals surface area contributed by atoms with E-state index in [0.29, 0.717) is 6.54 Å². The van der Waals surface area contributed by atoms with E-state index in [1.807, 2.05) is 30.3 Å². The van der Waals surface area contributed by atoms with Gasteiger partial charge < -0.3 is 10.6 Å². The highest BCUT2D eigenvalue weighted by Crippen LogP contribution is 2.09. The van der Waals surface area contributed by atoms with Gasteiger partial charge in [-0.15, -0.1) is 0 Å². The first-order valence-electron chi connectivity index (χ1n) is 9.42. The van der Waals surface area contributed by atoms with Gasteiger partial charge in [0.25, 0.3) is 0 Å². The summed E-state index contributed by atoms with van der Waals surface area (Å²) < 4.78 is 25.8. The summed E-state index contributed by atoms with van der Waals surface area (Å²) in [6.45, 7) is 2.71. The number of benzene rings is 2. The highest BCUT2D eigenvalue weighted by Gasteiger charge is 2.09. The molecule has 1 atom stereocenters. The van der Waals surface area contributed by atoms with Crippen LogP contribution in [0.15, 0.2) is 59.6 Å². The van der Waals surface area contributed by atoms with E-state index in [4.69, 9.17) is 0 Å². The van der Waals surface area contributed by atoms with Gasteiger partial charge in [0.2, 0.25) is 10.0 Å². The van der Waals surface area contributed by atoms with Crippen molar-refractivity contribution in [3.63, 3.8) is 0 Å². The highest BCUT2D eigenvalue weighted by atomic mass is 32.2. The summed E-state index contributed by atoms with van der Waals surface area (Å²) in [4.78, 5) is 4.28. The van der Waals surface area contributed by atoms with Gasteiger partial charge in [0.15, 0.2) is 5.96 Å². The van der Waals surface area contributed by atoms with Crippen LogP contribution in [0.2, 0.25) is 0 Å². The van der Waals surface area contributed by atoms with Crippen LogP contribution >= 0.6 is 0 Å². The minimum atomic E-state index is -3.28. The van der Waals surface area contributed by atoms with Crippen LogP contribution in [-0.2, 0) is 28.7 Å². The first kappa shape index (κ1) is 21.9. The van der Waals surface area contributed by atoms with E-state index in [0.717, 1.165) is 29.9 Å². The Hall–Kier alpha value is -2.38. The molecule has 7 heteroatoms. The number of guanidine groups is 1. The molecule has 0 aliphatic carbocycles. The lowest BCUT2D eigenvalue weighted by atomic mass is 10.1. The average Bonchev–Trinajstić information content (AvgIpc) is 2.70. The monoisotopic (exact) mass is 402 g/mol. The second kappa shape index (κ2) is 10.8. The van der Waals surface area contributed by atoms with Crippen molar-refractivity contribution in [3.8, 4) is 0 Å². The lowest BCUT2D eigenvalue weighted by Crippen LogP contribution is -2.42.